The molecule has 0 unspecified atom stereocenters. The van der Waals surface area contributed by atoms with E-state index in [2.05, 4.69) is 86.5 Å². The molecule has 0 saturated carbocycles. The molecule has 3 fully saturated rings. The van der Waals surface area contributed by atoms with Gasteiger partial charge >= 0.3 is 0 Å². The van der Waals surface area contributed by atoms with Gasteiger partial charge in [0.25, 0.3) is 11.8 Å². The van der Waals surface area contributed by atoms with Gasteiger partial charge in [-0.15, -0.1) is 0 Å². The van der Waals surface area contributed by atoms with Crippen molar-refractivity contribution in [2.45, 2.75) is 83.8 Å². The second-order valence-electron chi connectivity index (χ2n) is 14.6. The highest BCUT2D eigenvalue weighted by Crippen LogP contribution is 2.32. The maximum atomic E-state index is 13.5. The van der Waals surface area contributed by atoms with E-state index < -0.39 is 0 Å². The molecule has 0 radical (unpaired) electrons. The predicted octanol–water partition coefficient (Wildman–Crippen LogP) is 5.07. The van der Waals surface area contributed by atoms with Crippen LogP contribution in [-0.2, 0) is 37.3 Å². The van der Waals surface area contributed by atoms with E-state index in [4.69, 9.17) is 9.72 Å². The number of ether oxygens (including phenoxy) is 1. The van der Waals surface area contributed by atoms with Crippen molar-refractivity contribution in [3.05, 3.63) is 107 Å². The molecule has 2 amide bonds. The standard InChI is InChI=1S/C42H49N9O3/c1-3-36-34(39(47-31-14-16-54-17-15-31)35-24-46-51(4-2)40(35)49-36)23-45-42(53)38-13-7-12-37(48-38)41(52)44-21-27-8-5-10-29(18-27)30-11-6-9-28(19-30)25-50-26-32-20-33(50)22-43-32/h5-13,18-19,24,31-33,43H,3-4,14-17,20-23,25-26H2,1-2H3,(H,44,52)(H,45,53)(H,47,49)/t32-,33-/m0/s1. The molecule has 0 aliphatic carbocycles. The molecule has 3 saturated heterocycles. The van der Waals surface area contributed by atoms with Gasteiger partial charge in [-0.05, 0) is 79.1 Å². The summed E-state index contributed by atoms with van der Waals surface area (Å²) in [4.78, 5) is 38.9. The van der Waals surface area contributed by atoms with Crippen LogP contribution in [0.5, 0.6) is 0 Å². The predicted molar refractivity (Wildman–Crippen MR) is 209 cm³/mol. The Morgan fingerprint density at radius 1 is 0.889 bits per heavy atom. The average molecular weight is 728 g/mol. The average Bonchev–Trinajstić information content (AvgIpc) is 3.96. The molecule has 12 heteroatoms. The SMILES string of the molecule is CCc1nc2c(cnn2CC)c(NC2CCOCC2)c1CNC(=O)c1cccc(C(=O)NCc2cccc(-c3cccc(CN4C[C@@H]5C[C@H]4CN5)c3)c2)n1. The molecule has 2 aromatic carbocycles. The van der Waals surface area contributed by atoms with Crippen LogP contribution in [0, 0.1) is 0 Å². The summed E-state index contributed by atoms with van der Waals surface area (Å²) in [7, 11) is 0. The molecular weight excluding hydrogens is 679 g/mol. The number of nitrogens with zero attached hydrogens (tertiary/aromatic N) is 5. The summed E-state index contributed by atoms with van der Waals surface area (Å²) in [5.74, 6) is -0.706. The van der Waals surface area contributed by atoms with Crippen molar-refractivity contribution in [3.8, 4) is 11.1 Å². The Morgan fingerprint density at radius 2 is 1.59 bits per heavy atom. The van der Waals surface area contributed by atoms with Crippen LogP contribution in [-0.4, -0.2) is 80.9 Å². The first-order valence-electron chi connectivity index (χ1n) is 19.4. The van der Waals surface area contributed by atoms with Gasteiger partial charge in [0.1, 0.15) is 11.4 Å². The van der Waals surface area contributed by atoms with Crippen LogP contribution >= 0.6 is 0 Å². The number of carbonyl (C=O) groups is 2. The number of hydrogen-bond acceptors (Lipinski definition) is 9. The van der Waals surface area contributed by atoms with Crippen LogP contribution in [0.2, 0.25) is 0 Å². The largest absolute Gasteiger partial charge is 0.381 e. The number of nitrogens with one attached hydrogen (secondary N) is 4. The van der Waals surface area contributed by atoms with E-state index in [0.717, 1.165) is 77.1 Å². The van der Waals surface area contributed by atoms with Crippen molar-refractivity contribution < 1.29 is 14.3 Å². The minimum absolute atomic E-state index is 0.173. The fraction of sp³-hybridized carbons (Fsp3) is 0.405. The zero-order valence-electron chi connectivity index (χ0n) is 31.1. The van der Waals surface area contributed by atoms with Gasteiger partial charge < -0.3 is 26.0 Å². The number of fused-ring (bicyclic) bond motifs is 3. The first-order valence-corrected chi connectivity index (χ1v) is 19.4. The second-order valence-corrected chi connectivity index (χ2v) is 14.6. The third-order valence-electron chi connectivity index (χ3n) is 11.0. The highest BCUT2D eigenvalue weighted by atomic mass is 16.5. The number of pyridine rings is 2. The Kier molecular flexibility index (Phi) is 10.7. The van der Waals surface area contributed by atoms with E-state index >= 15 is 0 Å². The molecule has 280 valence electrons. The summed E-state index contributed by atoms with van der Waals surface area (Å²) in [5, 5.41) is 18.9. The van der Waals surface area contributed by atoms with E-state index in [1.54, 1.807) is 18.2 Å². The zero-order chi connectivity index (χ0) is 37.0. The monoisotopic (exact) mass is 727 g/mol. The van der Waals surface area contributed by atoms with Gasteiger partial charge in [-0.1, -0.05) is 49.4 Å². The number of piperazine rings is 1. The number of hydrogen-bond donors (Lipinski definition) is 4. The first kappa shape index (κ1) is 35.8. The van der Waals surface area contributed by atoms with E-state index in [0.29, 0.717) is 44.8 Å². The van der Waals surface area contributed by atoms with Crippen LogP contribution in [0.1, 0.15) is 76.5 Å². The molecule has 5 aromatic rings. The van der Waals surface area contributed by atoms with Gasteiger partial charge in [0.05, 0.1) is 17.3 Å². The highest BCUT2D eigenvalue weighted by molar-refractivity contribution is 5.97. The molecule has 3 aliphatic heterocycles. The maximum absolute atomic E-state index is 13.5. The van der Waals surface area contributed by atoms with Crippen LogP contribution in [0.3, 0.4) is 0 Å². The highest BCUT2D eigenvalue weighted by Gasteiger charge is 2.37. The van der Waals surface area contributed by atoms with E-state index in [1.165, 1.54) is 12.0 Å². The van der Waals surface area contributed by atoms with Crippen LogP contribution in [0.15, 0.2) is 72.9 Å². The van der Waals surface area contributed by atoms with Crippen molar-refractivity contribution >= 4 is 28.5 Å². The van der Waals surface area contributed by atoms with Crippen molar-refractivity contribution in [3.63, 3.8) is 0 Å². The fourth-order valence-corrected chi connectivity index (χ4v) is 8.11. The van der Waals surface area contributed by atoms with E-state index in [1.807, 2.05) is 23.0 Å². The Morgan fingerprint density at radius 3 is 2.28 bits per heavy atom. The van der Waals surface area contributed by atoms with E-state index in [-0.39, 0.29) is 35.8 Å². The smallest absolute Gasteiger partial charge is 0.270 e. The maximum Gasteiger partial charge on any atom is 0.270 e. The van der Waals surface area contributed by atoms with E-state index in [9.17, 15) is 9.59 Å². The molecule has 12 nitrogen and oxygen atoms in total. The Hall–Kier alpha value is -5.17. The molecule has 2 bridgehead atoms. The lowest BCUT2D eigenvalue weighted by atomic mass is 10.0. The van der Waals surface area contributed by atoms with Crippen LogP contribution in [0.25, 0.3) is 22.2 Å². The molecule has 3 aliphatic rings. The fourth-order valence-electron chi connectivity index (χ4n) is 8.11. The number of benzene rings is 2. The molecule has 6 heterocycles. The van der Waals surface area contributed by atoms with Crippen molar-refractivity contribution in [1.29, 1.82) is 0 Å². The van der Waals surface area contributed by atoms with Crippen molar-refractivity contribution in [2.24, 2.45) is 0 Å². The molecule has 4 N–H and O–H groups in total. The Balaban J connectivity index is 0.921. The first-order chi connectivity index (χ1) is 26.4. The summed E-state index contributed by atoms with van der Waals surface area (Å²) in [6.07, 6.45) is 5.59. The molecule has 0 spiro atoms. The minimum atomic E-state index is -0.364. The number of aryl methyl sites for hydroxylation is 2. The Bertz CT molecular complexity index is 2140. The van der Waals surface area contributed by atoms with Gasteiger partial charge in [-0.2, -0.15) is 5.10 Å². The molecule has 54 heavy (non-hydrogen) atoms. The third-order valence-corrected chi connectivity index (χ3v) is 11.0. The second kappa shape index (κ2) is 16.1. The normalized spacial score (nSPS) is 18.6. The summed E-state index contributed by atoms with van der Waals surface area (Å²) in [6, 6.07) is 23.5. The minimum Gasteiger partial charge on any atom is -0.381 e. The number of amides is 2. The molecular formula is C42H49N9O3. The summed E-state index contributed by atoms with van der Waals surface area (Å²) in [5.41, 5.74) is 8.53. The third kappa shape index (κ3) is 7.73. The topological polar surface area (TPSA) is 138 Å². The van der Waals surface area contributed by atoms with Gasteiger partial charge in [-0.25, -0.2) is 14.6 Å². The quantitative estimate of drug-likeness (QED) is 0.131. The van der Waals surface area contributed by atoms with Gasteiger partial charge in [0.2, 0.25) is 0 Å². The summed E-state index contributed by atoms with van der Waals surface area (Å²) >= 11 is 0. The van der Waals surface area contributed by atoms with Crippen LogP contribution < -0.4 is 21.3 Å². The number of rotatable bonds is 13. The zero-order valence-corrected chi connectivity index (χ0v) is 31.1. The lowest BCUT2D eigenvalue weighted by Crippen LogP contribution is -2.42. The number of carbonyl (C=O) groups excluding carboxylic acids is 2. The lowest BCUT2D eigenvalue weighted by Gasteiger charge is -2.27. The lowest BCUT2D eigenvalue weighted by molar-refractivity contribution is 0.0904. The summed E-state index contributed by atoms with van der Waals surface area (Å²) < 4.78 is 7.50. The Labute approximate surface area is 316 Å². The van der Waals surface area contributed by atoms with Gasteiger partial charge in [0, 0.05) is 81.9 Å². The van der Waals surface area contributed by atoms with Crippen molar-refractivity contribution in [2.75, 3.05) is 31.6 Å². The molecule has 8 rings (SSSR count). The number of likely N-dealkylation sites (tertiary alicyclic amines) is 1. The number of anilines is 1. The molecule has 3 aromatic heterocycles. The molecule has 2 atom stereocenters. The number of aromatic nitrogens is 4. The van der Waals surface area contributed by atoms with Gasteiger partial charge in [0.15, 0.2) is 5.65 Å². The van der Waals surface area contributed by atoms with Crippen molar-refractivity contribution in [1.82, 2.24) is 40.6 Å². The van der Waals surface area contributed by atoms with Gasteiger partial charge in [-0.3, -0.25) is 14.5 Å². The van der Waals surface area contributed by atoms with Crippen LogP contribution in [0.4, 0.5) is 5.69 Å². The summed E-state index contributed by atoms with van der Waals surface area (Å²) in [6.45, 7) is 10.00.